The molecular weight excluding hydrogens is 305 g/mol. The van der Waals surface area contributed by atoms with Crippen molar-refractivity contribution in [2.24, 2.45) is 0 Å². The van der Waals surface area contributed by atoms with E-state index in [1.54, 1.807) is 0 Å². The SMILES string of the molecule is O=C(Cc1ccc(F)c(Cl)c1)Cc1ccc(F)cc1Cl. The van der Waals surface area contributed by atoms with E-state index in [4.69, 9.17) is 23.2 Å². The van der Waals surface area contributed by atoms with Crippen LogP contribution in [0.2, 0.25) is 10.0 Å². The van der Waals surface area contributed by atoms with E-state index >= 15 is 0 Å². The molecule has 0 N–H and O–H groups in total. The van der Waals surface area contributed by atoms with Gasteiger partial charge in [-0.3, -0.25) is 4.79 Å². The van der Waals surface area contributed by atoms with E-state index < -0.39 is 11.6 Å². The third-order valence-electron chi connectivity index (χ3n) is 2.79. The van der Waals surface area contributed by atoms with E-state index in [2.05, 4.69) is 0 Å². The molecule has 0 saturated heterocycles. The van der Waals surface area contributed by atoms with Crippen molar-refractivity contribution < 1.29 is 13.6 Å². The van der Waals surface area contributed by atoms with Crippen LogP contribution in [0.4, 0.5) is 8.78 Å². The number of Topliss-reactive ketones (excluding diaryl/α,β-unsaturated/α-hetero) is 1. The number of carbonyl (C=O) groups excluding carboxylic acids is 1. The molecule has 104 valence electrons. The highest BCUT2D eigenvalue weighted by Gasteiger charge is 2.10. The minimum atomic E-state index is -0.524. The maximum absolute atomic E-state index is 13.0. The van der Waals surface area contributed by atoms with E-state index in [-0.39, 0.29) is 28.7 Å². The van der Waals surface area contributed by atoms with Gasteiger partial charge in [0.1, 0.15) is 17.4 Å². The Morgan fingerprint density at radius 2 is 1.70 bits per heavy atom. The second-order valence-corrected chi connectivity index (χ2v) is 5.19. The average Bonchev–Trinajstić information content (AvgIpc) is 2.37. The van der Waals surface area contributed by atoms with Crippen molar-refractivity contribution in [3.8, 4) is 0 Å². The van der Waals surface area contributed by atoms with Crippen molar-refractivity contribution in [1.29, 1.82) is 0 Å². The molecule has 1 nitrogen and oxygen atoms in total. The van der Waals surface area contributed by atoms with Crippen molar-refractivity contribution in [1.82, 2.24) is 0 Å². The summed E-state index contributed by atoms with van der Waals surface area (Å²) < 4.78 is 25.9. The van der Waals surface area contributed by atoms with Gasteiger partial charge in [-0.2, -0.15) is 0 Å². The quantitative estimate of drug-likeness (QED) is 0.804. The summed E-state index contributed by atoms with van der Waals surface area (Å²) in [7, 11) is 0. The summed E-state index contributed by atoms with van der Waals surface area (Å²) in [4.78, 5) is 11.9. The summed E-state index contributed by atoms with van der Waals surface area (Å²) in [5.74, 6) is -1.08. The number of halogens is 4. The van der Waals surface area contributed by atoms with Gasteiger partial charge in [0.2, 0.25) is 0 Å². The van der Waals surface area contributed by atoms with Gasteiger partial charge in [-0.15, -0.1) is 0 Å². The van der Waals surface area contributed by atoms with Crippen LogP contribution in [0.5, 0.6) is 0 Å². The second kappa shape index (κ2) is 6.33. The molecule has 2 aromatic carbocycles. The molecule has 0 amide bonds. The molecule has 2 rings (SSSR count). The normalized spacial score (nSPS) is 10.6. The molecule has 0 heterocycles. The number of ketones is 1. The Morgan fingerprint density at radius 1 is 0.950 bits per heavy atom. The Labute approximate surface area is 125 Å². The van der Waals surface area contributed by atoms with Gasteiger partial charge in [-0.05, 0) is 35.4 Å². The fraction of sp³-hybridized carbons (Fsp3) is 0.133. The third kappa shape index (κ3) is 3.78. The van der Waals surface area contributed by atoms with Gasteiger partial charge < -0.3 is 0 Å². The van der Waals surface area contributed by atoms with E-state index in [1.165, 1.54) is 36.4 Å². The molecule has 0 unspecified atom stereocenters. The maximum Gasteiger partial charge on any atom is 0.141 e. The molecular formula is C15H10Cl2F2O. The standard InChI is InChI=1S/C15H10Cl2F2O/c16-13-8-11(18)3-2-10(13)7-12(20)5-9-1-4-15(19)14(17)6-9/h1-4,6,8H,5,7H2. The van der Waals surface area contributed by atoms with E-state index in [1.807, 2.05) is 0 Å². The lowest BCUT2D eigenvalue weighted by Gasteiger charge is -2.05. The molecule has 0 saturated carbocycles. The molecule has 2 aromatic rings. The Bertz CT molecular complexity index is 656. The van der Waals surface area contributed by atoms with Crippen molar-refractivity contribution in [2.45, 2.75) is 12.8 Å². The molecule has 0 aliphatic rings. The van der Waals surface area contributed by atoms with Crippen LogP contribution in [0.25, 0.3) is 0 Å². The lowest BCUT2D eigenvalue weighted by molar-refractivity contribution is -0.117. The van der Waals surface area contributed by atoms with Gasteiger partial charge in [0, 0.05) is 17.9 Å². The summed E-state index contributed by atoms with van der Waals surface area (Å²) >= 11 is 11.5. The van der Waals surface area contributed by atoms with E-state index in [0.717, 1.165) is 0 Å². The zero-order valence-corrected chi connectivity index (χ0v) is 11.8. The predicted octanol–water partition coefficient (Wildman–Crippen LogP) is 4.63. The van der Waals surface area contributed by atoms with E-state index in [9.17, 15) is 13.6 Å². The molecule has 0 spiro atoms. The molecule has 5 heteroatoms. The van der Waals surface area contributed by atoms with Crippen LogP contribution in [0.3, 0.4) is 0 Å². The minimum absolute atomic E-state index is 0.0184. The first-order chi connectivity index (χ1) is 9.45. The van der Waals surface area contributed by atoms with Crippen molar-refractivity contribution in [2.75, 3.05) is 0 Å². The summed E-state index contributed by atoms with van der Waals surface area (Å²) in [5.41, 5.74) is 1.19. The molecule has 0 bridgehead atoms. The lowest BCUT2D eigenvalue weighted by atomic mass is 10.0. The molecule has 0 aromatic heterocycles. The monoisotopic (exact) mass is 314 g/mol. The van der Waals surface area contributed by atoms with Crippen LogP contribution in [0.1, 0.15) is 11.1 Å². The number of hydrogen-bond acceptors (Lipinski definition) is 1. The summed E-state index contributed by atoms with van der Waals surface area (Å²) in [5, 5.41) is 0.200. The Hall–Kier alpha value is -1.45. The smallest absolute Gasteiger partial charge is 0.141 e. The number of benzene rings is 2. The topological polar surface area (TPSA) is 17.1 Å². The fourth-order valence-corrected chi connectivity index (χ4v) is 2.25. The van der Waals surface area contributed by atoms with Gasteiger partial charge in [-0.1, -0.05) is 35.3 Å². The first-order valence-corrected chi connectivity index (χ1v) is 6.61. The highest BCUT2D eigenvalue weighted by atomic mass is 35.5. The van der Waals surface area contributed by atoms with Gasteiger partial charge in [-0.25, -0.2) is 8.78 Å². The summed E-state index contributed by atoms with van der Waals surface area (Å²) in [6.45, 7) is 0. The lowest BCUT2D eigenvalue weighted by Crippen LogP contribution is -2.07. The van der Waals surface area contributed by atoms with E-state index in [0.29, 0.717) is 11.1 Å². The third-order valence-corrected chi connectivity index (χ3v) is 3.43. The zero-order chi connectivity index (χ0) is 14.7. The fourth-order valence-electron chi connectivity index (χ4n) is 1.82. The van der Waals surface area contributed by atoms with Crippen LogP contribution in [-0.2, 0) is 17.6 Å². The van der Waals surface area contributed by atoms with Gasteiger partial charge in [0.25, 0.3) is 0 Å². The maximum atomic E-state index is 13.0. The van der Waals surface area contributed by atoms with Gasteiger partial charge in [0.15, 0.2) is 0 Å². The van der Waals surface area contributed by atoms with Crippen LogP contribution in [-0.4, -0.2) is 5.78 Å². The predicted molar refractivity (Wildman–Crippen MR) is 75.2 cm³/mol. The van der Waals surface area contributed by atoms with Crippen molar-refractivity contribution in [3.63, 3.8) is 0 Å². The number of rotatable bonds is 4. The highest BCUT2D eigenvalue weighted by molar-refractivity contribution is 6.31. The van der Waals surface area contributed by atoms with Crippen LogP contribution < -0.4 is 0 Å². The molecule has 0 aliphatic heterocycles. The Morgan fingerprint density at radius 3 is 2.35 bits per heavy atom. The van der Waals surface area contributed by atoms with Gasteiger partial charge >= 0.3 is 0 Å². The van der Waals surface area contributed by atoms with Crippen LogP contribution >= 0.6 is 23.2 Å². The largest absolute Gasteiger partial charge is 0.299 e. The average molecular weight is 315 g/mol. The Kier molecular flexibility index (Phi) is 4.73. The van der Waals surface area contributed by atoms with Crippen LogP contribution in [0.15, 0.2) is 36.4 Å². The van der Waals surface area contributed by atoms with Crippen molar-refractivity contribution in [3.05, 3.63) is 69.2 Å². The summed E-state index contributed by atoms with van der Waals surface area (Å²) in [6, 6.07) is 8.04. The minimum Gasteiger partial charge on any atom is -0.299 e. The molecule has 0 radical (unpaired) electrons. The molecule has 0 atom stereocenters. The Balaban J connectivity index is 2.07. The van der Waals surface area contributed by atoms with Crippen LogP contribution in [0, 0.1) is 11.6 Å². The second-order valence-electron chi connectivity index (χ2n) is 4.38. The van der Waals surface area contributed by atoms with Gasteiger partial charge in [0.05, 0.1) is 5.02 Å². The zero-order valence-electron chi connectivity index (χ0n) is 10.3. The summed E-state index contributed by atoms with van der Waals surface area (Å²) in [6.07, 6.45) is 0.210. The first-order valence-electron chi connectivity index (χ1n) is 5.85. The molecule has 20 heavy (non-hydrogen) atoms. The van der Waals surface area contributed by atoms with Crippen molar-refractivity contribution >= 4 is 29.0 Å². The first kappa shape index (κ1) is 14.9. The number of carbonyl (C=O) groups is 1. The molecule has 0 aliphatic carbocycles. The number of hydrogen-bond donors (Lipinski definition) is 0. The highest BCUT2D eigenvalue weighted by Crippen LogP contribution is 2.20. The molecule has 0 fully saturated rings.